The molecule has 0 unspecified atom stereocenters. The average molecular weight is 311 g/mol. The minimum atomic E-state index is -0.187. The van der Waals surface area contributed by atoms with Crippen molar-refractivity contribution in [3.05, 3.63) is 64.7 Å². The number of pyridine rings is 1. The summed E-state index contributed by atoms with van der Waals surface area (Å²) in [6.45, 7) is 2.51. The van der Waals surface area contributed by atoms with Crippen LogP contribution in [0.4, 0.5) is 0 Å². The van der Waals surface area contributed by atoms with Gasteiger partial charge in [0.25, 0.3) is 0 Å². The number of carbonyl (C=O) groups is 1. The SMILES string of the molecule is CCC(=O)c1ccc(OCCn2nc3ccccn3c2=O)cc1. The average Bonchev–Trinajstić information content (AvgIpc) is 2.91. The van der Waals surface area contributed by atoms with Crippen molar-refractivity contribution in [2.24, 2.45) is 0 Å². The van der Waals surface area contributed by atoms with Crippen molar-refractivity contribution < 1.29 is 9.53 Å². The Morgan fingerprint density at radius 2 is 1.96 bits per heavy atom. The van der Waals surface area contributed by atoms with Crippen LogP contribution in [0.15, 0.2) is 53.5 Å². The van der Waals surface area contributed by atoms with Gasteiger partial charge in [0, 0.05) is 18.2 Å². The molecule has 0 aliphatic rings. The minimum Gasteiger partial charge on any atom is -0.492 e. The van der Waals surface area contributed by atoms with Crippen LogP contribution in [0.1, 0.15) is 23.7 Å². The maximum Gasteiger partial charge on any atom is 0.350 e. The van der Waals surface area contributed by atoms with Crippen molar-refractivity contribution in [1.29, 1.82) is 0 Å². The lowest BCUT2D eigenvalue weighted by Crippen LogP contribution is -2.23. The smallest absolute Gasteiger partial charge is 0.350 e. The first kappa shape index (κ1) is 15.0. The number of rotatable bonds is 6. The molecule has 118 valence electrons. The first-order chi connectivity index (χ1) is 11.2. The van der Waals surface area contributed by atoms with Crippen LogP contribution >= 0.6 is 0 Å². The van der Waals surface area contributed by atoms with E-state index in [4.69, 9.17) is 4.74 Å². The minimum absolute atomic E-state index is 0.104. The lowest BCUT2D eigenvalue weighted by Gasteiger charge is -2.06. The standard InChI is InChI=1S/C17H17N3O3/c1-2-15(21)13-6-8-14(9-7-13)23-12-11-20-17(22)19-10-4-3-5-16(19)18-20/h3-10H,2,11-12H2,1H3. The molecule has 0 saturated carbocycles. The molecule has 0 fully saturated rings. The van der Waals surface area contributed by atoms with Crippen molar-refractivity contribution in [2.75, 3.05) is 6.61 Å². The second-order valence-electron chi connectivity index (χ2n) is 5.08. The number of fused-ring (bicyclic) bond motifs is 1. The van der Waals surface area contributed by atoms with Crippen molar-refractivity contribution in [3.8, 4) is 5.75 Å². The first-order valence-electron chi connectivity index (χ1n) is 7.49. The van der Waals surface area contributed by atoms with Crippen LogP contribution in [0.2, 0.25) is 0 Å². The normalized spacial score (nSPS) is 10.8. The third-order valence-electron chi connectivity index (χ3n) is 3.56. The summed E-state index contributed by atoms with van der Waals surface area (Å²) in [7, 11) is 0. The summed E-state index contributed by atoms with van der Waals surface area (Å²) in [6.07, 6.45) is 2.17. The molecule has 0 spiro atoms. The van der Waals surface area contributed by atoms with Gasteiger partial charge in [0.15, 0.2) is 11.4 Å². The Bertz CT molecular complexity index is 878. The Labute approximate surface area is 132 Å². The van der Waals surface area contributed by atoms with Crippen LogP contribution < -0.4 is 10.4 Å². The van der Waals surface area contributed by atoms with E-state index in [1.54, 1.807) is 42.6 Å². The zero-order chi connectivity index (χ0) is 16.2. The Kier molecular flexibility index (Phi) is 4.23. The predicted octanol–water partition coefficient (Wildman–Crippen LogP) is 2.17. The summed E-state index contributed by atoms with van der Waals surface area (Å²) >= 11 is 0. The first-order valence-corrected chi connectivity index (χ1v) is 7.49. The monoisotopic (exact) mass is 311 g/mol. The van der Waals surface area contributed by atoms with E-state index in [-0.39, 0.29) is 11.5 Å². The highest BCUT2D eigenvalue weighted by molar-refractivity contribution is 5.95. The summed E-state index contributed by atoms with van der Waals surface area (Å²) in [5, 5.41) is 4.23. The third-order valence-corrected chi connectivity index (χ3v) is 3.56. The van der Waals surface area contributed by atoms with Crippen LogP contribution in [0.3, 0.4) is 0 Å². The van der Waals surface area contributed by atoms with E-state index in [1.165, 1.54) is 9.08 Å². The maximum absolute atomic E-state index is 12.1. The van der Waals surface area contributed by atoms with Gasteiger partial charge in [-0.15, -0.1) is 5.10 Å². The van der Waals surface area contributed by atoms with E-state index in [0.29, 0.717) is 36.5 Å². The van der Waals surface area contributed by atoms with Crippen LogP contribution in [0, 0.1) is 0 Å². The fourth-order valence-electron chi connectivity index (χ4n) is 2.30. The number of ketones is 1. The van der Waals surface area contributed by atoms with Crippen molar-refractivity contribution in [3.63, 3.8) is 0 Å². The number of hydrogen-bond donors (Lipinski definition) is 0. The Balaban J connectivity index is 1.63. The molecule has 0 atom stereocenters. The number of carbonyl (C=O) groups excluding carboxylic acids is 1. The molecule has 0 N–H and O–H groups in total. The highest BCUT2D eigenvalue weighted by atomic mass is 16.5. The van der Waals surface area contributed by atoms with Crippen LogP contribution in [-0.2, 0) is 6.54 Å². The van der Waals surface area contributed by atoms with Crippen LogP contribution in [0.5, 0.6) is 5.75 Å². The maximum atomic E-state index is 12.1. The predicted molar refractivity (Wildman–Crippen MR) is 86.0 cm³/mol. The molecule has 6 heteroatoms. The number of hydrogen-bond acceptors (Lipinski definition) is 4. The zero-order valence-corrected chi connectivity index (χ0v) is 12.8. The largest absolute Gasteiger partial charge is 0.492 e. The van der Waals surface area contributed by atoms with Crippen LogP contribution in [0.25, 0.3) is 5.65 Å². The summed E-state index contributed by atoms with van der Waals surface area (Å²) in [4.78, 5) is 23.7. The van der Waals surface area contributed by atoms with Gasteiger partial charge in [0.2, 0.25) is 0 Å². The van der Waals surface area contributed by atoms with Crippen molar-refractivity contribution >= 4 is 11.4 Å². The van der Waals surface area contributed by atoms with Gasteiger partial charge >= 0.3 is 5.69 Å². The van der Waals surface area contributed by atoms with Gasteiger partial charge in [-0.2, -0.15) is 0 Å². The highest BCUT2D eigenvalue weighted by Crippen LogP contribution is 2.13. The lowest BCUT2D eigenvalue weighted by atomic mass is 10.1. The number of Topliss-reactive ketones (excluding diaryl/α,β-unsaturated/α-hetero) is 1. The fourth-order valence-corrected chi connectivity index (χ4v) is 2.30. The zero-order valence-electron chi connectivity index (χ0n) is 12.8. The van der Waals surface area contributed by atoms with Crippen LogP contribution in [-0.4, -0.2) is 26.6 Å². The molecule has 3 aromatic rings. The molecule has 2 heterocycles. The summed E-state index contributed by atoms with van der Waals surface area (Å²) in [6, 6.07) is 12.4. The number of nitrogens with zero attached hydrogens (tertiary/aromatic N) is 3. The van der Waals surface area contributed by atoms with E-state index in [9.17, 15) is 9.59 Å². The fraction of sp³-hybridized carbons (Fsp3) is 0.235. The van der Waals surface area contributed by atoms with Gasteiger partial charge in [0.05, 0.1) is 6.54 Å². The van der Waals surface area contributed by atoms with Gasteiger partial charge < -0.3 is 4.74 Å². The van der Waals surface area contributed by atoms with E-state index < -0.39 is 0 Å². The molecule has 3 rings (SSSR count). The summed E-state index contributed by atoms with van der Waals surface area (Å²) < 4.78 is 8.48. The molecule has 0 aliphatic carbocycles. The van der Waals surface area contributed by atoms with Gasteiger partial charge in [0.1, 0.15) is 12.4 Å². The number of ether oxygens (including phenoxy) is 1. The second kappa shape index (κ2) is 6.48. The Morgan fingerprint density at radius 3 is 2.65 bits per heavy atom. The number of aromatic nitrogens is 3. The molecule has 0 amide bonds. The van der Waals surface area contributed by atoms with Crippen molar-refractivity contribution in [1.82, 2.24) is 14.2 Å². The molecule has 23 heavy (non-hydrogen) atoms. The van der Waals surface area contributed by atoms with E-state index in [1.807, 2.05) is 13.0 Å². The Hall–Kier alpha value is -2.89. The van der Waals surface area contributed by atoms with Crippen molar-refractivity contribution in [2.45, 2.75) is 19.9 Å². The Morgan fingerprint density at radius 1 is 1.17 bits per heavy atom. The molecule has 0 saturated heterocycles. The molecule has 0 radical (unpaired) electrons. The molecule has 1 aromatic carbocycles. The molecule has 2 aromatic heterocycles. The van der Waals surface area contributed by atoms with Gasteiger partial charge in [-0.25, -0.2) is 9.48 Å². The molecular formula is C17H17N3O3. The number of benzene rings is 1. The lowest BCUT2D eigenvalue weighted by molar-refractivity contribution is 0.0988. The molecule has 0 bridgehead atoms. The summed E-state index contributed by atoms with van der Waals surface area (Å²) in [5.74, 6) is 0.766. The third kappa shape index (κ3) is 3.15. The molecule has 0 aliphatic heterocycles. The van der Waals surface area contributed by atoms with Gasteiger partial charge in [-0.05, 0) is 36.4 Å². The van der Waals surface area contributed by atoms with E-state index in [2.05, 4.69) is 5.10 Å². The summed E-state index contributed by atoms with van der Waals surface area (Å²) in [5.41, 5.74) is 1.10. The quantitative estimate of drug-likeness (QED) is 0.654. The van der Waals surface area contributed by atoms with E-state index in [0.717, 1.165) is 0 Å². The van der Waals surface area contributed by atoms with Gasteiger partial charge in [-0.3, -0.25) is 9.20 Å². The topological polar surface area (TPSA) is 65.6 Å². The van der Waals surface area contributed by atoms with E-state index >= 15 is 0 Å². The highest BCUT2D eigenvalue weighted by Gasteiger charge is 2.06. The second-order valence-corrected chi connectivity index (χ2v) is 5.08. The molecular weight excluding hydrogens is 294 g/mol. The molecule has 6 nitrogen and oxygen atoms in total. The van der Waals surface area contributed by atoms with Gasteiger partial charge in [-0.1, -0.05) is 13.0 Å².